The Labute approximate surface area is 74.5 Å². The Morgan fingerprint density at radius 1 is 1.54 bits per heavy atom. The SMILES string of the molecule is O=C=C1C=CC=CC1C(O)C(=O)O. The van der Waals surface area contributed by atoms with Crippen LogP contribution in [-0.4, -0.2) is 28.2 Å². The molecule has 0 aromatic rings. The first-order valence-electron chi connectivity index (χ1n) is 3.67. The van der Waals surface area contributed by atoms with Gasteiger partial charge in [-0.3, -0.25) is 0 Å². The zero-order valence-corrected chi connectivity index (χ0v) is 6.68. The van der Waals surface area contributed by atoms with E-state index in [2.05, 4.69) is 0 Å². The maximum absolute atomic E-state index is 10.4. The second kappa shape index (κ2) is 3.85. The fraction of sp³-hybridized carbons (Fsp3) is 0.222. The molecular formula is C9H8O4. The Kier molecular flexibility index (Phi) is 2.80. The molecule has 2 unspecified atom stereocenters. The first-order valence-corrected chi connectivity index (χ1v) is 3.67. The summed E-state index contributed by atoms with van der Waals surface area (Å²) in [6, 6.07) is 0. The summed E-state index contributed by atoms with van der Waals surface area (Å²) in [6.07, 6.45) is 4.48. The molecule has 0 saturated carbocycles. The summed E-state index contributed by atoms with van der Waals surface area (Å²) in [6.45, 7) is 0. The minimum Gasteiger partial charge on any atom is -0.479 e. The van der Waals surface area contributed by atoms with Crippen LogP contribution in [0, 0.1) is 5.92 Å². The quantitative estimate of drug-likeness (QED) is 0.583. The van der Waals surface area contributed by atoms with Gasteiger partial charge in [-0.25, -0.2) is 9.59 Å². The molecule has 1 rings (SSSR count). The molecule has 0 aromatic carbocycles. The van der Waals surface area contributed by atoms with E-state index in [-0.39, 0.29) is 5.57 Å². The normalized spacial score (nSPS) is 22.5. The largest absolute Gasteiger partial charge is 0.479 e. The lowest BCUT2D eigenvalue weighted by atomic mass is 9.90. The molecule has 0 aromatic heterocycles. The monoisotopic (exact) mass is 180 g/mol. The van der Waals surface area contributed by atoms with Crippen LogP contribution in [0.4, 0.5) is 0 Å². The van der Waals surface area contributed by atoms with Crippen molar-refractivity contribution < 1.29 is 19.8 Å². The number of aliphatic carboxylic acids is 1. The molecule has 0 aliphatic heterocycles. The van der Waals surface area contributed by atoms with E-state index < -0.39 is 18.0 Å². The standard InChI is InChI=1S/C9H8O4/c10-5-6-3-1-2-4-7(6)8(11)9(12)13/h1-4,7-8,11H,(H,12,13). The van der Waals surface area contributed by atoms with Crippen LogP contribution in [-0.2, 0) is 9.59 Å². The predicted molar refractivity (Wildman–Crippen MR) is 44.6 cm³/mol. The molecular weight excluding hydrogens is 172 g/mol. The fourth-order valence-electron chi connectivity index (χ4n) is 1.09. The zero-order valence-electron chi connectivity index (χ0n) is 6.68. The molecule has 2 atom stereocenters. The molecule has 0 bridgehead atoms. The minimum absolute atomic E-state index is 0.150. The summed E-state index contributed by atoms with van der Waals surface area (Å²) >= 11 is 0. The number of carbonyl (C=O) groups is 1. The zero-order chi connectivity index (χ0) is 9.84. The molecule has 2 N–H and O–H groups in total. The summed E-state index contributed by atoms with van der Waals surface area (Å²) in [4.78, 5) is 20.8. The summed E-state index contributed by atoms with van der Waals surface area (Å²) in [5.41, 5.74) is 0.150. The summed E-state index contributed by atoms with van der Waals surface area (Å²) < 4.78 is 0. The van der Waals surface area contributed by atoms with Gasteiger partial charge in [-0.05, 0) is 6.08 Å². The van der Waals surface area contributed by atoms with Crippen molar-refractivity contribution in [2.75, 3.05) is 0 Å². The van der Waals surface area contributed by atoms with Crippen molar-refractivity contribution in [3.8, 4) is 0 Å². The molecule has 13 heavy (non-hydrogen) atoms. The van der Waals surface area contributed by atoms with E-state index in [9.17, 15) is 9.59 Å². The van der Waals surface area contributed by atoms with Crippen LogP contribution in [0.1, 0.15) is 0 Å². The van der Waals surface area contributed by atoms with Gasteiger partial charge < -0.3 is 10.2 Å². The van der Waals surface area contributed by atoms with Crippen LogP contribution in [0.15, 0.2) is 29.9 Å². The number of carbonyl (C=O) groups excluding carboxylic acids is 1. The van der Waals surface area contributed by atoms with Crippen LogP contribution in [0.2, 0.25) is 0 Å². The van der Waals surface area contributed by atoms with Gasteiger partial charge in [-0.15, -0.1) is 0 Å². The van der Waals surface area contributed by atoms with Crippen molar-refractivity contribution in [3.05, 3.63) is 29.9 Å². The van der Waals surface area contributed by atoms with Gasteiger partial charge in [-0.1, -0.05) is 18.2 Å². The highest BCUT2D eigenvalue weighted by molar-refractivity contribution is 5.75. The van der Waals surface area contributed by atoms with Gasteiger partial charge in [0.05, 0.1) is 0 Å². The summed E-state index contributed by atoms with van der Waals surface area (Å²) in [5, 5.41) is 17.7. The second-order valence-electron chi connectivity index (χ2n) is 2.61. The van der Waals surface area contributed by atoms with E-state index in [0.29, 0.717) is 0 Å². The number of hydrogen-bond acceptors (Lipinski definition) is 3. The van der Waals surface area contributed by atoms with E-state index >= 15 is 0 Å². The molecule has 1 aliphatic rings. The number of aliphatic hydroxyl groups excluding tert-OH is 1. The van der Waals surface area contributed by atoms with Crippen molar-refractivity contribution in [2.24, 2.45) is 5.92 Å². The predicted octanol–water partition coefficient (Wildman–Crippen LogP) is -0.0679. The van der Waals surface area contributed by atoms with Crippen LogP contribution in [0.3, 0.4) is 0 Å². The third kappa shape index (κ3) is 1.93. The Morgan fingerprint density at radius 3 is 2.77 bits per heavy atom. The van der Waals surface area contributed by atoms with Crippen molar-refractivity contribution in [3.63, 3.8) is 0 Å². The summed E-state index contributed by atoms with van der Waals surface area (Å²) in [5.74, 6) is -0.546. The number of hydrogen-bond donors (Lipinski definition) is 2. The van der Waals surface area contributed by atoms with E-state index in [0.717, 1.165) is 0 Å². The van der Waals surface area contributed by atoms with Gasteiger partial charge in [0, 0.05) is 11.5 Å². The lowest BCUT2D eigenvalue weighted by Gasteiger charge is -2.16. The van der Waals surface area contributed by atoms with Gasteiger partial charge in [0.1, 0.15) is 5.94 Å². The van der Waals surface area contributed by atoms with Crippen LogP contribution >= 0.6 is 0 Å². The molecule has 0 amide bonds. The number of allylic oxidation sites excluding steroid dienone is 3. The first kappa shape index (κ1) is 9.45. The highest BCUT2D eigenvalue weighted by Crippen LogP contribution is 2.20. The maximum atomic E-state index is 10.4. The molecule has 0 radical (unpaired) electrons. The molecule has 68 valence electrons. The lowest BCUT2D eigenvalue weighted by Crippen LogP contribution is -2.29. The smallest absolute Gasteiger partial charge is 0.333 e. The van der Waals surface area contributed by atoms with Gasteiger partial charge in [-0.2, -0.15) is 0 Å². The van der Waals surface area contributed by atoms with Crippen molar-refractivity contribution >= 4 is 11.9 Å². The maximum Gasteiger partial charge on any atom is 0.333 e. The van der Waals surface area contributed by atoms with Gasteiger partial charge >= 0.3 is 5.97 Å². The Morgan fingerprint density at radius 2 is 2.23 bits per heavy atom. The average Bonchev–Trinajstić information content (AvgIpc) is 2.16. The van der Waals surface area contributed by atoms with Crippen molar-refractivity contribution in [1.29, 1.82) is 0 Å². The third-order valence-corrected chi connectivity index (χ3v) is 1.78. The average molecular weight is 180 g/mol. The van der Waals surface area contributed by atoms with Crippen molar-refractivity contribution in [2.45, 2.75) is 6.10 Å². The van der Waals surface area contributed by atoms with Crippen LogP contribution < -0.4 is 0 Å². The first-order chi connectivity index (χ1) is 6.16. The van der Waals surface area contributed by atoms with E-state index in [1.54, 1.807) is 18.1 Å². The number of rotatable bonds is 2. The fourth-order valence-corrected chi connectivity index (χ4v) is 1.09. The van der Waals surface area contributed by atoms with Gasteiger partial charge in [0.25, 0.3) is 0 Å². The number of carboxylic acids is 1. The summed E-state index contributed by atoms with van der Waals surface area (Å²) in [7, 11) is 0. The molecule has 0 saturated heterocycles. The number of aliphatic hydroxyl groups is 1. The lowest BCUT2D eigenvalue weighted by molar-refractivity contribution is -0.147. The molecule has 0 heterocycles. The van der Waals surface area contributed by atoms with Gasteiger partial charge in [0.2, 0.25) is 0 Å². The van der Waals surface area contributed by atoms with E-state index in [1.807, 2.05) is 0 Å². The van der Waals surface area contributed by atoms with E-state index in [1.165, 1.54) is 12.2 Å². The van der Waals surface area contributed by atoms with Crippen LogP contribution in [0.25, 0.3) is 0 Å². The van der Waals surface area contributed by atoms with Gasteiger partial charge in [0.15, 0.2) is 6.10 Å². The highest BCUT2D eigenvalue weighted by atomic mass is 16.4. The minimum atomic E-state index is -1.59. The Hall–Kier alpha value is -1.64. The Balaban J connectivity index is 2.92. The van der Waals surface area contributed by atoms with Crippen molar-refractivity contribution in [1.82, 2.24) is 0 Å². The van der Waals surface area contributed by atoms with E-state index in [4.69, 9.17) is 10.2 Å². The van der Waals surface area contributed by atoms with Crippen LogP contribution in [0.5, 0.6) is 0 Å². The molecule has 0 spiro atoms. The molecule has 4 nitrogen and oxygen atoms in total. The molecule has 4 heteroatoms. The number of carboxylic acid groups (broad SMARTS) is 1. The second-order valence-corrected chi connectivity index (χ2v) is 2.61. The molecule has 0 fully saturated rings. The Bertz CT molecular complexity index is 321. The molecule has 1 aliphatic carbocycles. The third-order valence-electron chi connectivity index (χ3n) is 1.78. The topological polar surface area (TPSA) is 74.6 Å². The highest BCUT2D eigenvalue weighted by Gasteiger charge is 2.27.